The predicted octanol–water partition coefficient (Wildman–Crippen LogP) is 4.25. The van der Waals surface area contributed by atoms with Gasteiger partial charge in [-0.2, -0.15) is 0 Å². The van der Waals surface area contributed by atoms with Crippen molar-refractivity contribution in [1.82, 2.24) is 20.2 Å². The number of esters is 1. The second kappa shape index (κ2) is 9.80. The standard InChI is InChI=1S/C22H27ClN4O5S/c1-27-21(24-25-26-27)33-19-16(28)12-22(32-20(19)29,14-6-4-5-7-14)9-8-13-10-15(23)18(31-3)11-17(13)30-2/h10-11,14,28H,4-9,12H2,1-3H3. The molecule has 1 atom stereocenters. The molecule has 9 nitrogen and oxygen atoms in total. The molecule has 0 saturated heterocycles. The van der Waals surface area contributed by atoms with Crippen LogP contribution in [0.1, 0.15) is 44.1 Å². The molecule has 178 valence electrons. The summed E-state index contributed by atoms with van der Waals surface area (Å²) in [7, 11) is 4.82. The highest BCUT2D eigenvalue weighted by molar-refractivity contribution is 8.03. The monoisotopic (exact) mass is 494 g/mol. The first kappa shape index (κ1) is 23.7. The number of aromatic nitrogens is 4. The number of hydrogen-bond donors (Lipinski definition) is 1. The topological polar surface area (TPSA) is 109 Å². The Morgan fingerprint density at radius 3 is 2.61 bits per heavy atom. The molecule has 1 N–H and O–H groups in total. The zero-order chi connectivity index (χ0) is 23.6. The molecular weight excluding hydrogens is 468 g/mol. The lowest BCUT2D eigenvalue weighted by Gasteiger charge is -2.41. The number of methoxy groups -OCH3 is 2. The minimum atomic E-state index is -0.794. The van der Waals surface area contributed by atoms with E-state index in [4.69, 9.17) is 25.8 Å². The molecule has 1 aliphatic carbocycles. The summed E-state index contributed by atoms with van der Waals surface area (Å²) in [5.74, 6) is 0.841. The lowest BCUT2D eigenvalue weighted by Crippen LogP contribution is -2.45. The van der Waals surface area contributed by atoms with Gasteiger partial charge in [-0.1, -0.05) is 24.4 Å². The summed E-state index contributed by atoms with van der Waals surface area (Å²) >= 11 is 7.37. The average Bonchev–Trinajstić information content (AvgIpc) is 3.47. The Bertz CT molecular complexity index is 1070. The minimum Gasteiger partial charge on any atom is -0.511 e. The number of halogens is 1. The molecule has 0 amide bonds. The number of carbonyl (C=O) groups is 1. The Kier molecular flexibility index (Phi) is 7.04. The first-order valence-corrected chi connectivity index (χ1v) is 12.0. The van der Waals surface area contributed by atoms with Crippen molar-refractivity contribution in [2.45, 2.75) is 55.7 Å². The van der Waals surface area contributed by atoms with E-state index in [1.807, 2.05) is 6.07 Å². The van der Waals surface area contributed by atoms with Gasteiger partial charge in [0.2, 0.25) is 5.16 Å². The van der Waals surface area contributed by atoms with Gasteiger partial charge in [-0.15, -0.1) is 5.10 Å². The molecule has 11 heteroatoms. The summed E-state index contributed by atoms with van der Waals surface area (Å²) in [5, 5.41) is 23.1. The molecule has 0 bridgehead atoms. The summed E-state index contributed by atoms with van der Waals surface area (Å²) in [6, 6.07) is 3.58. The van der Waals surface area contributed by atoms with Crippen molar-refractivity contribution in [3.8, 4) is 11.5 Å². The molecule has 1 aromatic carbocycles. The van der Waals surface area contributed by atoms with Crippen LogP contribution in [0.5, 0.6) is 11.5 Å². The maximum Gasteiger partial charge on any atom is 0.349 e. The van der Waals surface area contributed by atoms with E-state index in [1.165, 1.54) is 4.68 Å². The van der Waals surface area contributed by atoms with E-state index in [1.54, 1.807) is 27.3 Å². The highest BCUT2D eigenvalue weighted by Crippen LogP contribution is 2.48. The third-order valence-corrected chi connectivity index (χ3v) is 7.89. The number of ether oxygens (including phenoxy) is 3. The van der Waals surface area contributed by atoms with Crippen molar-refractivity contribution in [2.75, 3.05) is 14.2 Å². The first-order chi connectivity index (χ1) is 15.9. The van der Waals surface area contributed by atoms with Crippen molar-refractivity contribution < 1.29 is 24.1 Å². The van der Waals surface area contributed by atoms with Crippen molar-refractivity contribution in [3.63, 3.8) is 0 Å². The first-order valence-electron chi connectivity index (χ1n) is 10.8. The van der Waals surface area contributed by atoms with Crippen LogP contribution in [0.25, 0.3) is 0 Å². The van der Waals surface area contributed by atoms with Gasteiger partial charge in [-0.05, 0) is 65.4 Å². The number of hydrogen-bond acceptors (Lipinski definition) is 9. The molecular formula is C22H27ClN4O5S. The molecule has 2 heterocycles. The molecule has 1 fully saturated rings. The average molecular weight is 495 g/mol. The Balaban J connectivity index is 1.61. The number of aliphatic hydroxyl groups is 1. The Morgan fingerprint density at radius 1 is 1.27 bits per heavy atom. The third kappa shape index (κ3) is 4.77. The van der Waals surface area contributed by atoms with Gasteiger partial charge in [0.05, 0.1) is 19.2 Å². The van der Waals surface area contributed by atoms with E-state index in [2.05, 4.69) is 15.5 Å². The predicted molar refractivity (Wildman–Crippen MR) is 123 cm³/mol. The summed E-state index contributed by atoms with van der Waals surface area (Å²) in [5.41, 5.74) is 0.0996. The fourth-order valence-corrected chi connectivity index (χ4v) is 5.74. The van der Waals surface area contributed by atoms with E-state index in [0.717, 1.165) is 43.0 Å². The number of carbonyl (C=O) groups excluding carboxylic acids is 1. The second-order valence-electron chi connectivity index (χ2n) is 8.37. The Labute approximate surface area is 201 Å². The van der Waals surface area contributed by atoms with E-state index < -0.39 is 11.6 Å². The second-order valence-corrected chi connectivity index (χ2v) is 9.76. The fraction of sp³-hybridized carbons (Fsp3) is 0.545. The van der Waals surface area contributed by atoms with Crippen LogP contribution in [-0.2, 0) is 23.0 Å². The number of benzene rings is 1. The van der Waals surface area contributed by atoms with Gasteiger partial charge in [-0.25, -0.2) is 9.48 Å². The molecule has 1 aromatic heterocycles. The minimum absolute atomic E-state index is 0.0193. The van der Waals surface area contributed by atoms with Crippen molar-refractivity contribution in [1.29, 1.82) is 0 Å². The van der Waals surface area contributed by atoms with Crippen LogP contribution in [0.2, 0.25) is 5.02 Å². The molecule has 2 aliphatic rings. The van der Waals surface area contributed by atoms with Crippen molar-refractivity contribution >= 4 is 29.3 Å². The largest absolute Gasteiger partial charge is 0.511 e. The van der Waals surface area contributed by atoms with Crippen LogP contribution in [0, 0.1) is 5.92 Å². The Morgan fingerprint density at radius 2 is 2.00 bits per heavy atom. The molecule has 0 spiro atoms. The maximum absolute atomic E-state index is 13.1. The number of tetrazole rings is 1. The lowest BCUT2D eigenvalue weighted by molar-refractivity contribution is -0.166. The van der Waals surface area contributed by atoms with Gasteiger partial charge in [0.25, 0.3) is 0 Å². The van der Waals surface area contributed by atoms with Gasteiger partial charge < -0.3 is 19.3 Å². The number of cyclic esters (lactones) is 1. The van der Waals surface area contributed by atoms with Crippen molar-refractivity contribution in [2.24, 2.45) is 13.0 Å². The number of aryl methyl sites for hydroxylation is 2. The Hall–Kier alpha value is -2.46. The van der Waals surface area contributed by atoms with Crippen LogP contribution in [0.4, 0.5) is 0 Å². The van der Waals surface area contributed by atoms with E-state index >= 15 is 0 Å². The fourth-order valence-electron chi connectivity index (χ4n) is 4.74. The molecule has 33 heavy (non-hydrogen) atoms. The van der Waals surface area contributed by atoms with Crippen LogP contribution in [0.15, 0.2) is 28.0 Å². The zero-order valence-corrected chi connectivity index (χ0v) is 20.4. The molecule has 0 radical (unpaired) electrons. The molecule has 2 aromatic rings. The number of aliphatic hydroxyl groups excluding tert-OH is 1. The summed E-state index contributed by atoms with van der Waals surface area (Å²) in [6.07, 6.45) is 5.43. The highest BCUT2D eigenvalue weighted by Gasteiger charge is 2.48. The van der Waals surface area contributed by atoms with E-state index in [0.29, 0.717) is 34.5 Å². The van der Waals surface area contributed by atoms with Crippen molar-refractivity contribution in [3.05, 3.63) is 33.4 Å². The van der Waals surface area contributed by atoms with Crippen LogP contribution in [-0.4, -0.2) is 51.1 Å². The van der Waals surface area contributed by atoms with E-state index in [9.17, 15) is 9.90 Å². The number of nitrogens with zero attached hydrogens (tertiary/aromatic N) is 4. The summed E-state index contributed by atoms with van der Waals surface area (Å²) < 4.78 is 18.4. The molecule has 1 aliphatic heterocycles. The number of thioether (sulfide) groups is 1. The molecule has 1 unspecified atom stereocenters. The molecule has 4 rings (SSSR count). The van der Waals surface area contributed by atoms with E-state index in [-0.39, 0.29) is 23.0 Å². The smallest absolute Gasteiger partial charge is 0.349 e. The summed E-state index contributed by atoms with van der Waals surface area (Å²) in [4.78, 5) is 13.2. The third-order valence-electron chi connectivity index (χ3n) is 6.46. The quantitative estimate of drug-likeness (QED) is 0.538. The lowest BCUT2D eigenvalue weighted by atomic mass is 9.77. The van der Waals surface area contributed by atoms with Gasteiger partial charge >= 0.3 is 5.97 Å². The van der Waals surface area contributed by atoms with Crippen LogP contribution in [0.3, 0.4) is 0 Å². The van der Waals surface area contributed by atoms with Crippen LogP contribution >= 0.6 is 23.4 Å². The highest BCUT2D eigenvalue weighted by atomic mass is 35.5. The molecule has 1 saturated carbocycles. The van der Waals surface area contributed by atoms with Gasteiger partial charge in [0, 0.05) is 19.5 Å². The van der Waals surface area contributed by atoms with Gasteiger partial charge in [-0.3, -0.25) is 0 Å². The zero-order valence-electron chi connectivity index (χ0n) is 18.8. The number of rotatable bonds is 8. The normalized spacial score (nSPS) is 21.4. The van der Waals surface area contributed by atoms with Gasteiger partial charge in [0.15, 0.2) is 0 Å². The van der Waals surface area contributed by atoms with Crippen LogP contribution < -0.4 is 9.47 Å². The summed E-state index contributed by atoms with van der Waals surface area (Å²) in [6.45, 7) is 0. The SMILES string of the molecule is COc1cc(OC)c(CCC2(C3CCCC3)CC(O)=C(Sc3nnnn3C)C(=O)O2)cc1Cl. The van der Waals surface area contributed by atoms with Gasteiger partial charge in [0.1, 0.15) is 27.8 Å². The maximum atomic E-state index is 13.1.